The number of ether oxygens (including phenoxy) is 1. The highest BCUT2D eigenvalue weighted by molar-refractivity contribution is 5.32. The SMILES string of the molecule is Oc1cc(COc2cccc(C(F)(F)F)c2)ccc1F. The predicted molar refractivity (Wildman–Crippen MR) is 63.8 cm³/mol. The standard InChI is InChI=1S/C14H10F4O2/c15-12-5-4-9(6-13(12)19)8-20-11-3-1-2-10(7-11)14(16,17)18/h1-7,19H,8H2. The highest BCUT2D eigenvalue weighted by Gasteiger charge is 2.30. The highest BCUT2D eigenvalue weighted by Crippen LogP contribution is 2.31. The molecule has 0 radical (unpaired) electrons. The van der Waals surface area contributed by atoms with Crippen molar-refractivity contribution in [3.63, 3.8) is 0 Å². The lowest BCUT2D eigenvalue weighted by Gasteiger charge is -2.10. The van der Waals surface area contributed by atoms with Crippen molar-refractivity contribution in [1.82, 2.24) is 0 Å². The second kappa shape index (κ2) is 5.40. The number of phenols is 1. The van der Waals surface area contributed by atoms with Crippen molar-refractivity contribution in [1.29, 1.82) is 0 Å². The number of rotatable bonds is 3. The van der Waals surface area contributed by atoms with Gasteiger partial charge in [0.05, 0.1) is 5.56 Å². The summed E-state index contributed by atoms with van der Waals surface area (Å²) in [7, 11) is 0. The van der Waals surface area contributed by atoms with Crippen molar-refractivity contribution < 1.29 is 27.4 Å². The van der Waals surface area contributed by atoms with E-state index >= 15 is 0 Å². The summed E-state index contributed by atoms with van der Waals surface area (Å²) in [4.78, 5) is 0. The van der Waals surface area contributed by atoms with E-state index in [1.54, 1.807) is 0 Å². The third kappa shape index (κ3) is 3.40. The molecule has 0 aliphatic heterocycles. The molecule has 0 saturated heterocycles. The third-order valence-corrected chi connectivity index (χ3v) is 2.58. The van der Waals surface area contributed by atoms with Gasteiger partial charge in [-0.25, -0.2) is 4.39 Å². The number of benzene rings is 2. The molecule has 0 aromatic heterocycles. The zero-order valence-electron chi connectivity index (χ0n) is 10.1. The first-order valence-electron chi connectivity index (χ1n) is 5.64. The fraction of sp³-hybridized carbons (Fsp3) is 0.143. The van der Waals surface area contributed by atoms with E-state index in [4.69, 9.17) is 9.84 Å². The molecule has 0 fully saturated rings. The topological polar surface area (TPSA) is 29.5 Å². The van der Waals surface area contributed by atoms with E-state index in [2.05, 4.69) is 0 Å². The molecule has 1 N–H and O–H groups in total. The smallest absolute Gasteiger partial charge is 0.416 e. The summed E-state index contributed by atoms with van der Waals surface area (Å²) in [6, 6.07) is 8.03. The van der Waals surface area contributed by atoms with E-state index in [1.165, 1.54) is 18.2 Å². The molecule has 0 atom stereocenters. The van der Waals surface area contributed by atoms with Crippen LogP contribution in [0, 0.1) is 5.82 Å². The summed E-state index contributed by atoms with van der Waals surface area (Å²) in [5, 5.41) is 9.17. The summed E-state index contributed by atoms with van der Waals surface area (Å²) in [5.41, 5.74) is -0.363. The van der Waals surface area contributed by atoms with Crippen molar-refractivity contribution in [2.45, 2.75) is 12.8 Å². The van der Waals surface area contributed by atoms with Crippen molar-refractivity contribution in [2.75, 3.05) is 0 Å². The Bertz CT molecular complexity index is 608. The van der Waals surface area contributed by atoms with Gasteiger partial charge in [-0.1, -0.05) is 12.1 Å². The Balaban J connectivity index is 2.09. The van der Waals surface area contributed by atoms with E-state index in [9.17, 15) is 17.6 Å². The largest absolute Gasteiger partial charge is 0.505 e. The summed E-state index contributed by atoms with van der Waals surface area (Å²) in [6.45, 7) is -0.0743. The van der Waals surface area contributed by atoms with Crippen molar-refractivity contribution in [2.24, 2.45) is 0 Å². The molecule has 0 unspecified atom stereocenters. The monoisotopic (exact) mass is 286 g/mol. The Morgan fingerprint density at radius 2 is 1.80 bits per heavy atom. The van der Waals surface area contributed by atoms with Crippen LogP contribution in [0.25, 0.3) is 0 Å². The van der Waals surface area contributed by atoms with Gasteiger partial charge in [0.1, 0.15) is 12.4 Å². The van der Waals surface area contributed by atoms with Gasteiger partial charge in [0.2, 0.25) is 0 Å². The van der Waals surface area contributed by atoms with Crippen molar-refractivity contribution in [3.05, 3.63) is 59.4 Å². The molecule has 106 valence electrons. The minimum atomic E-state index is -4.44. The molecule has 0 aliphatic carbocycles. The number of phenolic OH excluding ortho intramolecular Hbond substituents is 1. The fourth-order valence-electron chi connectivity index (χ4n) is 1.58. The summed E-state index contributed by atoms with van der Waals surface area (Å²) >= 11 is 0. The summed E-state index contributed by atoms with van der Waals surface area (Å²) in [6.07, 6.45) is -4.44. The van der Waals surface area contributed by atoms with Crippen LogP contribution in [0.5, 0.6) is 11.5 Å². The second-order valence-corrected chi connectivity index (χ2v) is 4.10. The molecule has 2 aromatic rings. The third-order valence-electron chi connectivity index (χ3n) is 2.58. The minimum Gasteiger partial charge on any atom is -0.505 e. The van der Waals surface area contributed by atoms with Crippen LogP contribution in [-0.2, 0) is 12.8 Å². The molecule has 2 nitrogen and oxygen atoms in total. The number of hydrogen-bond donors (Lipinski definition) is 1. The lowest BCUT2D eigenvalue weighted by Crippen LogP contribution is -2.05. The van der Waals surface area contributed by atoms with Crippen LogP contribution in [0.15, 0.2) is 42.5 Å². The average Bonchev–Trinajstić information content (AvgIpc) is 2.39. The van der Waals surface area contributed by atoms with Crippen LogP contribution < -0.4 is 4.74 Å². The molecular formula is C14H10F4O2. The molecule has 0 heterocycles. The van der Waals surface area contributed by atoms with Crippen LogP contribution in [0.1, 0.15) is 11.1 Å². The van der Waals surface area contributed by atoms with Crippen LogP contribution in [0.4, 0.5) is 17.6 Å². The first kappa shape index (κ1) is 14.2. The van der Waals surface area contributed by atoms with Gasteiger partial charge < -0.3 is 9.84 Å². The number of aromatic hydroxyl groups is 1. The van der Waals surface area contributed by atoms with Crippen LogP contribution in [-0.4, -0.2) is 5.11 Å². The van der Waals surface area contributed by atoms with Crippen molar-refractivity contribution in [3.8, 4) is 11.5 Å². The number of alkyl halides is 3. The van der Waals surface area contributed by atoms with Gasteiger partial charge in [-0.05, 0) is 35.9 Å². The average molecular weight is 286 g/mol. The fourth-order valence-corrected chi connectivity index (χ4v) is 1.58. The summed E-state index contributed by atoms with van der Waals surface area (Å²) in [5.74, 6) is -1.26. The molecule has 0 spiro atoms. The van der Waals surface area contributed by atoms with Gasteiger partial charge >= 0.3 is 6.18 Å². The Morgan fingerprint density at radius 1 is 1.05 bits per heavy atom. The maximum absolute atomic E-state index is 12.8. The van der Waals surface area contributed by atoms with Gasteiger partial charge in [-0.2, -0.15) is 13.2 Å². The van der Waals surface area contributed by atoms with E-state index in [0.717, 1.165) is 24.3 Å². The zero-order chi connectivity index (χ0) is 14.8. The Kier molecular flexibility index (Phi) is 3.83. The van der Waals surface area contributed by atoms with Gasteiger partial charge in [0, 0.05) is 0 Å². The van der Waals surface area contributed by atoms with Gasteiger partial charge in [-0.15, -0.1) is 0 Å². The lowest BCUT2D eigenvalue weighted by atomic mass is 10.2. The van der Waals surface area contributed by atoms with E-state index in [1.807, 2.05) is 0 Å². The molecule has 0 bridgehead atoms. The Labute approximate surface area is 112 Å². The predicted octanol–water partition coefficient (Wildman–Crippen LogP) is 4.13. The maximum atomic E-state index is 12.8. The van der Waals surface area contributed by atoms with Crippen LogP contribution in [0.3, 0.4) is 0 Å². The number of halogens is 4. The molecule has 2 rings (SSSR count). The zero-order valence-corrected chi connectivity index (χ0v) is 10.1. The Hall–Kier alpha value is -2.24. The molecule has 6 heteroatoms. The lowest BCUT2D eigenvalue weighted by molar-refractivity contribution is -0.137. The van der Waals surface area contributed by atoms with E-state index in [-0.39, 0.29) is 12.4 Å². The minimum absolute atomic E-state index is 0.0450. The summed E-state index contributed by atoms with van der Waals surface area (Å²) < 4.78 is 55.5. The first-order valence-corrected chi connectivity index (χ1v) is 5.64. The van der Waals surface area contributed by atoms with E-state index in [0.29, 0.717) is 5.56 Å². The number of hydrogen-bond acceptors (Lipinski definition) is 2. The molecule has 20 heavy (non-hydrogen) atoms. The first-order chi connectivity index (χ1) is 9.36. The Morgan fingerprint density at radius 3 is 2.45 bits per heavy atom. The maximum Gasteiger partial charge on any atom is 0.416 e. The van der Waals surface area contributed by atoms with Gasteiger partial charge in [0.15, 0.2) is 11.6 Å². The second-order valence-electron chi connectivity index (χ2n) is 4.10. The highest BCUT2D eigenvalue weighted by atomic mass is 19.4. The van der Waals surface area contributed by atoms with Gasteiger partial charge in [0.25, 0.3) is 0 Å². The van der Waals surface area contributed by atoms with Crippen LogP contribution in [0.2, 0.25) is 0 Å². The molecule has 0 amide bonds. The quantitative estimate of drug-likeness (QED) is 0.860. The van der Waals surface area contributed by atoms with Crippen molar-refractivity contribution >= 4 is 0 Å². The normalized spacial score (nSPS) is 11.4. The molecular weight excluding hydrogens is 276 g/mol. The molecule has 0 saturated carbocycles. The van der Waals surface area contributed by atoms with Crippen LogP contribution >= 0.6 is 0 Å². The molecule has 2 aromatic carbocycles. The van der Waals surface area contributed by atoms with E-state index < -0.39 is 23.3 Å². The molecule has 0 aliphatic rings. The van der Waals surface area contributed by atoms with Gasteiger partial charge in [-0.3, -0.25) is 0 Å².